The van der Waals surface area contributed by atoms with Crippen LogP contribution in [0, 0.1) is 10.1 Å². The topological polar surface area (TPSA) is 125 Å². The summed E-state index contributed by atoms with van der Waals surface area (Å²) in [5, 5.41) is 24.3. The third-order valence-corrected chi connectivity index (χ3v) is 2.45. The van der Waals surface area contributed by atoms with E-state index in [0.717, 1.165) is 6.07 Å². The SMILES string of the molecule is CCOc1ccc(C(=O)Nc2nnn(C)n2)cc1[N+](=O)[O-]. The van der Waals surface area contributed by atoms with Crippen molar-refractivity contribution in [3.8, 4) is 5.75 Å². The van der Waals surface area contributed by atoms with Crippen LogP contribution in [0.5, 0.6) is 5.75 Å². The molecule has 1 heterocycles. The zero-order valence-electron chi connectivity index (χ0n) is 11.3. The lowest BCUT2D eigenvalue weighted by atomic mass is 10.1. The number of nitrogens with zero attached hydrogens (tertiary/aromatic N) is 5. The molecule has 0 fully saturated rings. The molecule has 2 rings (SSSR count). The molecular weight excluding hydrogens is 280 g/mol. The third kappa shape index (κ3) is 3.29. The Balaban J connectivity index is 2.25. The van der Waals surface area contributed by atoms with Gasteiger partial charge in [0.25, 0.3) is 11.9 Å². The Hall–Kier alpha value is -3.04. The predicted octanol–water partition coefficient (Wildman–Crippen LogP) is 0.769. The molecule has 0 aliphatic rings. The number of aryl methyl sites for hydroxylation is 1. The minimum absolute atomic E-state index is 0.0130. The van der Waals surface area contributed by atoms with Crippen LogP contribution in [-0.4, -0.2) is 37.6 Å². The van der Waals surface area contributed by atoms with Gasteiger partial charge in [0.1, 0.15) is 0 Å². The summed E-state index contributed by atoms with van der Waals surface area (Å²) in [5.41, 5.74) is -0.186. The zero-order valence-corrected chi connectivity index (χ0v) is 11.3. The van der Waals surface area contributed by atoms with Crippen LogP contribution in [0.25, 0.3) is 0 Å². The number of hydrogen-bond donors (Lipinski definition) is 1. The number of carbonyl (C=O) groups is 1. The molecule has 0 saturated heterocycles. The lowest BCUT2D eigenvalue weighted by molar-refractivity contribution is -0.385. The van der Waals surface area contributed by atoms with Gasteiger partial charge < -0.3 is 4.74 Å². The van der Waals surface area contributed by atoms with Crippen LogP contribution < -0.4 is 10.1 Å². The molecule has 110 valence electrons. The quantitative estimate of drug-likeness (QED) is 0.637. The van der Waals surface area contributed by atoms with E-state index in [-0.39, 0.29) is 29.6 Å². The van der Waals surface area contributed by atoms with Crippen LogP contribution in [0.15, 0.2) is 18.2 Å². The van der Waals surface area contributed by atoms with Gasteiger partial charge in [0.2, 0.25) is 0 Å². The highest BCUT2D eigenvalue weighted by Gasteiger charge is 2.19. The van der Waals surface area contributed by atoms with Crippen molar-refractivity contribution in [2.75, 3.05) is 11.9 Å². The molecule has 1 aromatic heterocycles. The Morgan fingerprint density at radius 2 is 2.29 bits per heavy atom. The van der Waals surface area contributed by atoms with Gasteiger partial charge in [-0.3, -0.25) is 20.2 Å². The molecule has 0 spiro atoms. The average Bonchev–Trinajstić information content (AvgIpc) is 2.84. The minimum Gasteiger partial charge on any atom is -0.487 e. The monoisotopic (exact) mass is 292 g/mol. The van der Waals surface area contributed by atoms with Gasteiger partial charge in [0, 0.05) is 11.6 Å². The fourth-order valence-corrected chi connectivity index (χ4v) is 1.59. The molecule has 2 aromatic rings. The summed E-state index contributed by atoms with van der Waals surface area (Å²) in [7, 11) is 1.55. The Bertz CT molecular complexity index is 683. The highest BCUT2D eigenvalue weighted by atomic mass is 16.6. The van der Waals surface area contributed by atoms with Crippen molar-refractivity contribution in [2.24, 2.45) is 7.05 Å². The number of hydrogen-bond acceptors (Lipinski definition) is 7. The molecule has 0 saturated carbocycles. The lowest BCUT2D eigenvalue weighted by Crippen LogP contribution is -2.13. The van der Waals surface area contributed by atoms with Crippen molar-refractivity contribution in [3.05, 3.63) is 33.9 Å². The number of benzene rings is 1. The van der Waals surface area contributed by atoms with Gasteiger partial charge in [-0.15, -0.1) is 5.10 Å². The molecule has 0 unspecified atom stereocenters. The largest absolute Gasteiger partial charge is 0.487 e. The van der Waals surface area contributed by atoms with Crippen molar-refractivity contribution in [1.82, 2.24) is 20.2 Å². The second-order valence-electron chi connectivity index (χ2n) is 3.93. The van der Waals surface area contributed by atoms with Crippen LogP contribution >= 0.6 is 0 Å². The average molecular weight is 292 g/mol. The van der Waals surface area contributed by atoms with E-state index in [0.29, 0.717) is 0 Å². The lowest BCUT2D eigenvalue weighted by Gasteiger charge is -2.06. The maximum atomic E-state index is 12.0. The molecule has 0 bridgehead atoms. The fraction of sp³-hybridized carbons (Fsp3) is 0.273. The summed E-state index contributed by atoms with van der Waals surface area (Å²) in [4.78, 5) is 23.5. The first kappa shape index (κ1) is 14.4. The van der Waals surface area contributed by atoms with E-state index in [9.17, 15) is 14.9 Å². The minimum atomic E-state index is -0.609. The predicted molar refractivity (Wildman–Crippen MR) is 71.0 cm³/mol. The molecule has 21 heavy (non-hydrogen) atoms. The number of nitro benzene ring substituents is 1. The molecule has 0 radical (unpaired) electrons. The van der Waals surface area contributed by atoms with Gasteiger partial charge in [-0.25, -0.2) is 0 Å². The maximum Gasteiger partial charge on any atom is 0.311 e. The first-order valence-electron chi connectivity index (χ1n) is 5.98. The van der Waals surface area contributed by atoms with Crippen molar-refractivity contribution in [2.45, 2.75) is 6.92 Å². The summed E-state index contributed by atoms with van der Waals surface area (Å²) >= 11 is 0. The summed E-state index contributed by atoms with van der Waals surface area (Å²) < 4.78 is 5.14. The number of amides is 1. The summed E-state index contributed by atoms with van der Waals surface area (Å²) in [5.74, 6) is -0.454. The van der Waals surface area contributed by atoms with Crippen LogP contribution in [0.3, 0.4) is 0 Å². The van der Waals surface area contributed by atoms with E-state index in [1.807, 2.05) is 0 Å². The van der Waals surface area contributed by atoms with Gasteiger partial charge in [0.15, 0.2) is 5.75 Å². The number of rotatable bonds is 5. The van der Waals surface area contributed by atoms with E-state index in [1.54, 1.807) is 14.0 Å². The summed E-state index contributed by atoms with van der Waals surface area (Å²) in [6.07, 6.45) is 0. The molecule has 10 nitrogen and oxygen atoms in total. The number of carbonyl (C=O) groups excluding carboxylic acids is 1. The van der Waals surface area contributed by atoms with Crippen molar-refractivity contribution in [3.63, 3.8) is 0 Å². The Labute approximate surface area is 118 Å². The maximum absolute atomic E-state index is 12.0. The van der Waals surface area contributed by atoms with Crippen molar-refractivity contribution < 1.29 is 14.5 Å². The second-order valence-corrected chi connectivity index (χ2v) is 3.93. The molecular formula is C11H12N6O4. The normalized spacial score (nSPS) is 10.2. The Morgan fingerprint density at radius 1 is 1.52 bits per heavy atom. The van der Waals surface area contributed by atoms with Gasteiger partial charge >= 0.3 is 5.69 Å². The second kappa shape index (κ2) is 5.94. The first-order valence-corrected chi connectivity index (χ1v) is 5.98. The number of ether oxygens (including phenoxy) is 1. The highest BCUT2D eigenvalue weighted by Crippen LogP contribution is 2.28. The van der Waals surface area contributed by atoms with Gasteiger partial charge in [-0.05, 0) is 24.3 Å². The summed E-state index contributed by atoms with van der Waals surface area (Å²) in [6.45, 7) is 2.00. The zero-order chi connectivity index (χ0) is 15.4. The van der Waals surface area contributed by atoms with Crippen LogP contribution in [-0.2, 0) is 7.05 Å². The van der Waals surface area contributed by atoms with E-state index >= 15 is 0 Å². The molecule has 0 atom stereocenters. The Kier molecular flexibility index (Phi) is 4.07. The van der Waals surface area contributed by atoms with Gasteiger partial charge in [-0.2, -0.15) is 4.80 Å². The van der Waals surface area contributed by atoms with Crippen molar-refractivity contribution in [1.29, 1.82) is 0 Å². The summed E-state index contributed by atoms with van der Waals surface area (Å²) in [6, 6.07) is 3.93. The standard InChI is InChI=1S/C11H12N6O4/c1-3-21-9-5-4-7(6-8(9)17(19)20)10(18)12-11-13-15-16(2)14-11/h4-6H,3H2,1-2H3,(H,12,14,18). The smallest absolute Gasteiger partial charge is 0.311 e. The van der Waals surface area contributed by atoms with Crippen LogP contribution in [0.2, 0.25) is 0 Å². The van der Waals surface area contributed by atoms with Gasteiger partial charge in [-0.1, -0.05) is 5.10 Å². The molecule has 0 aliphatic heterocycles. The Morgan fingerprint density at radius 3 is 2.86 bits per heavy atom. The first-order chi connectivity index (χ1) is 10.0. The van der Waals surface area contributed by atoms with Crippen molar-refractivity contribution >= 4 is 17.5 Å². The van der Waals surface area contributed by atoms with E-state index in [1.165, 1.54) is 16.9 Å². The molecule has 1 amide bonds. The van der Waals surface area contributed by atoms with Gasteiger partial charge in [0.05, 0.1) is 18.6 Å². The molecule has 1 aromatic carbocycles. The number of anilines is 1. The molecule has 10 heteroatoms. The number of aromatic nitrogens is 4. The third-order valence-electron chi connectivity index (χ3n) is 2.45. The molecule has 1 N–H and O–H groups in total. The number of nitro groups is 1. The van der Waals surface area contributed by atoms with Crippen LogP contribution in [0.4, 0.5) is 11.6 Å². The van der Waals surface area contributed by atoms with E-state index < -0.39 is 10.8 Å². The fourth-order valence-electron chi connectivity index (χ4n) is 1.59. The number of tetrazole rings is 1. The van der Waals surface area contributed by atoms with E-state index in [2.05, 4.69) is 20.7 Å². The van der Waals surface area contributed by atoms with Crippen LogP contribution in [0.1, 0.15) is 17.3 Å². The van der Waals surface area contributed by atoms with E-state index in [4.69, 9.17) is 4.74 Å². The molecule has 0 aliphatic carbocycles. The highest BCUT2D eigenvalue weighted by molar-refractivity contribution is 6.03. The number of nitrogens with one attached hydrogen (secondary N) is 1.